The van der Waals surface area contributed by atoms with Crippen LogP contribution in [-0.4, -0.2) is 59.6 Å². The third-order valence-electron chi connectivity index (χ3n) is 6.87. The molecule has 0 bridgehead atoms. The zero-order chi connectivity index (χ0) is 30.8. The van der Waals surface area contributed by atoms with Gasteiger partial charge in [0.05, 0.1) is 7.11 Å². The summed E-state index contributed by atoms with van der Waals surface area (Å²) in [5, 5.41) is 5.40. The topological polar surface area (TPSA) is 114 Å². The van der Waals surface area contributed by atoms with Crippen LogP contribution in [0.2, 0.25) is 0 Å². The van der Waals surface area contributed by atoms with Gasteiger partial charge in [-0.25, -0.2) is 4.79 Å². The lowest BCUT2D eigenvalue weighted by Gasteiger charge is -2.44. The fourth-order valence-corrected chi connectivity index (χ4v) is 4.29. The molecule has 0 aromatic heterocycles. The Kier molecular flexibility index (Phi) is 11.9. The minimum Gasteiger partial charge on any atom is -0.468 e. The maximum absolute atomic E-state index is 14.6. The third kappa shape index (κ3) is 9.92. The van der Waals surface area contributed by atoms with Gasteiger partial charge in [0.1, 0.15) is 24.2 Å². The molecule has 0 aliphatic rings. The van der Waals surface area contributed by atoms with Gasteiger partial charge in [-0.1, -0.05) is 68.4 Å². The minimum absolute atomic E-state index is 0.181. The van der Waals surface area contributed by atoms with Gasteiger partial charge in [-0.3, -0.25) is 14.4 Å². The number of nitrogens with one attached hydrogen (secondary N) is 2. The SMILES string of the molecule is CCc1ccc(C(C(=O)NCC(=O)OC)N(C(=O)C(Cc2ccccc2)NC(=O)OC(C)(C)C)C(C)(C)CC)cc1. The highest BCUT2D eigenvalue weighted by molar-refractivity contribution is 5.93. The predicted octanol–water partition coefficient (Wildman–Crippen LogP) is 4.73. The molecule has 2 atom stereocenters. The van der Waals surface area contributed by atoms with Crippen molar-refractivity contribution in [3.8, 4) is 0 Å². The van der Waals surface area contributed by atoms with E-state index in [1.165, 1.54) is 12.0 Å². The summed E-state index contributed by atoms with van der Waals surface area (Å²) >= 11 is 0. The molecule has 2 N–H and O–H groups in total. The summed E-state index contributed by atoms with van der Waals surface area (Å²) in [6.45, 7) is 12.6. The third-order valence-corrected chi connectivity index (χ3v) is 6.87. The molecule has 0 saturated heterocycles. The first-order valence-electron chi connectivity index (χ1n) is 14.0. The predicted molar refractivity (Wildman–Crippen MR) is 158 cm³/mol. The molecule has 0 radical (unpaired) electrons. The molecule has 0 heterocycles. The van der Waals surface area contributed by atoms with E-state index in [-0.39, 0.29) is 13.0 Å². The first-order valence-corrected chi connectivity index (χ1v) is 14.0. The molecular formula is C32H45N3O6. The largest absolute Gasteiger partial charge is 0.468 e. The molecule has 0 aliphatic heterocycles. The molecular weight excluding hydrogens is 522 g/mol. The van der Waals surface area contributed by atoms with Crippen LogP contribution >= 0.6 is 0 Å². The van der Waals surface area contributed by atoms with Crippen LogP contribution in [0.3, 0.4) is 0 Å². The fourth-order valence-electron chi connectivity index (χ4n) is 4.29. The van der Waals surface area contributed by atoms with E-state index in [1.54, 1.807) is 20.8 Å². The molecule has 3 amide bonds. The average molecular weight is 568 g/mol. The molecule has 0 fully saturated rings. The van der Waals surface area contributed by atoms with E-state index in [4.69, 9.17) is 9.47 Å². The van der Waals surface area contributed by atoms with E-state index >= 15 is 0 Å². The van der Waals surface area contributed by atoms with Crippen molar-refractivity contribution in [3.05, 3.63) is 71.3 Å². The van der Waals surface area contributed by atoms with E-state index in [2.05, 4.69) is 10.6 Å². The number of methoxy groups -OCH3 is 1. The zero-order valence-corrected chi connectivity index (χ0v) is 25.6. The van der Waals surface area contributed by atoms with Crippen LogP contribution in [0.4, 0.5) is 4.79 Å². The first-order chi connectivity index (χ1) is 19.2. The summed E-state index contributed by atoms with van der Waals surface area (Å²) in [7, 11) is 1.24. The molecule has 9 nitrogen and oxygen atoms in total. The Labute approximate surface area is 244 Å². The van der Waals surface area contributed by atoms with E-state index in [0.29, 0.717) is 12.0 Å². The number of alkyl carbamates (subject to hydrolysis) is 1. The summed E-state index contributed by atoms with van der Waals surface area (Å²) in [6.07, 6.45) is 0.763. The summed E-state index contributed by atoms with van der Waals surface area (Å²) in [6, 6.07) is 14.7. The summed E-state index contributed by atoms with van der Waals surface area (Å²) in [5.41, 5.74) is 0.886. The van der Waals surface area contributed by atoms with Gasteiger partial charge in [-0.05, 0) is 64.2 Å². The van der Waals surface area contributed by atoms with E-state index in [0.717, 1.165) is 17.5 Å². The molecule has 0 spiro atoms. The van der Waals surface area contributed by atoms with E-state index < -0.39 is 47.1 Å². The molecule has 9 heteroatoms. The van der Waals surface area contributed by atoms with Crippen molar-refractivity contribution < 1.29 is 28.7 Å². The van der Waals surface area contributed by atoms with Gasteiger partial charge in [0.2, 0.25) is 11.8 Å². The van der Waals surface area contributed by atoms with Gasteiger partial charge in [0, 0.05) is 12.0 Å². The Hall–Kier alpha value is -3.88. The van der Waals surface area contributed by atoms with Crippen molar-refractivity contribution in [2.75, 3.05) is 13.7 Å². The lowest BCUT2D eigenvalue weighted by molar-refractivity contribution is -0.150. The molecule has 41 heavy (non-hydrogen) atoms. The Balaban J connectivity index is 2.64. The number of ether oxygens (including phenoxy) is 2. The van der Waals surface area contributed by atoms with Crippen molar-refractivity contribution in [1.29, 1.82) is 0 Å². The number of carbonyl (C=O) groups excluding carboxylic acids is 4. The Morgan fingerprint density at radius 1 is 0.878 bits per heavy atom. The Bertz CT molecular complexity index is 1170. The van der Waals surface area contributed by atoms with Gasteiger partial charge in [0.15, 0.2) is 0 Å². The van der Waals surface area contributed by atoms with Crippen molar-refractivity contribution in [2.45, 2.75) is 91.0 Å². The number of carbonyl (C=O) groups is 4. The van der Waals surface area contributed by atoms with Crippen LogP contribution in [0.15, 0.2) is 54.6 Å². The van der Waals surface area contributed by atoms with Crippen molar-refractivity contribution in [1.82, 2.24) is 15.5 Å². The molecule has 2 unspecified atom stereocenters. The molecule has 2 rings (SSSR count). The highest BCUT2D eigenvalue weighted by atomic mass is 16.6. The summed E-state index contributed by atoms with van der Waals surface area (Å²) < 4.78 is 10.2. The van der Waals surface area contributed by atoms with Crippen LogP contribution in [-0.2, 0) is 36.7 Å². The van der Waals surface area contributed by atoms with Crippen LogP contribution in [0.5, 0.6) is 0 Å². The summed E-state index contributed by atoms with van der Waals surface area (Å²) in [4.78, 5) is 54.7. The van der Waals surface area contributed by atoms with Gasteiger partial charge in [-0.15, -0.1) is 0 Å². The van der Waals surface area contributed by atoms with Crippen molar-refractivity contribution in [3.63, 3.8) is 0 Å². The van der Waals surface area contributed by atoms with Gasteiger partial charge in [0.25, 0.3) is 0 Å². The number of esters is 1. The lowest BCUT2D eigenvalue weighted by Crippen LogP contribution is -2.60. The molecule has 2 aromatic carbocycles. The Morgan fingerprint density at radius 2 is 1.49 bits per heavy atom. The second-order valence-electron chi connectivity index (χ2n) is 11.6. The number of rotatable bonds is 12. The van der Waals surface area contributed by atoms with Crippen molar-refractivity contribution >= 4 is 23.9 Å². The Morgan fingerprint density at radius 3 is 2.00 bits per heavy atom. The number of benzene rings is 2. The monoisotopic (exact) mass is 567 g/mol. The zero-order valence-electron chi connectivity index (χ0n) is 25.6. The van der Waals surface area contributed by atoms with Gasteiger partial charge >= 0.3 is 12.1 Å². The minimum atomic E-state index is -1.09. The lowest BCUT2D eigenvalue weighted by atomic mass is 9.90. The number of hydrogen-bond donors (Lipinski definition) is 2. The second-order valence-corrected chi connectivity index (χ2v) is 11.6. The number of nitrogens with zero attached hydrogens (tertiary/aromatic N) is 1. The van der Waals surface area contributed by atoms with Gasteiger partial charge < -0.3 is 25.0 Å². The molecule has 224 valence electrons. The first kappa shape index (κ1) is 33.3. The maximum atomic E-state index is 14.6. The molecule has 2 aromatic rings. The highest BCUT2D eigenvalue weighted by Gasteiger charge is 2.43. The highest BCUT2D eigenvalue weighted by Crippen LogP contribution is 2.33. The van der Waals surface area contributed by atoms with Crippen LogP contribution in [0.1, 0.15) is 77.6 Å². The fraction of sp³-hybridized carbons (Fsp3) is 0.500. The average Bonchev–Trinajstić information content (AvgIpc) is 2.93. The van der Waals surface area contributed by atoms with Crippen molar-refractivity contribution in [2.24, 2.45) is 0 Å². The smallest absolute Gasteiger partial charge is 0.408 e. The molecule has 0 aliphatic carbocycles. The summed E-state index contributed by atoms with van der Waals surface area (Å²) in [5.74, 6) is -1.60. The number of aryl methyl sites for hydroxylation is 1. The van der Waals surface area contributed by atoms with Crippen LogP contribution in [0, 0.1) is 0 Å². The van der Waals surface area contributed by atoms with E-state index in [1.807, 2.05) is 82.3 Å². The standard InChI is InChI=1S/C32H45N3O6/c1-9-22-16-18-24(19-17-22)27(28(37)33-21-26(36)40-8)35(32(6,7)10-2)29(38)25(20-23-14-12-11-13-15-23)34-30(39)41-31(3,4)5/h11-19,25,27H,9-10,20-21H2,1-8H3,(H,33,37)(H,34,39). The molecule has 0 saturated carbocycles. The number of amides is 3. The second kappa shape index (κ2) is 14.7. The maximum Gasteiger partial charge on any atom is 0.408 e. The van der Waals surface area contributed by atoms with Gasteiger partial charge in [-0.2, -0.15) is 0 Å². The normalized spacial score (nSPS) is 13.0. The van der Waals surface area contributed by atoms with Crippen LogP contribution < -0.4 is 10.6 Å². The van der Waals surface area contributed by atoms with Crippen LogP contribution in [0.25, 0.3) is 0 Å². The quantitative estimate of drug-likeness (QED) is 0.359. The number of hydrogen-bond acceptors (Lipinski definition) is 6. The van der Waals surface area contributed by atoms with E-state index in [9.17, 15) is 19.2 Å².